The quantitative estimate of drug-likeness (QED) is 0.524. The van der Waals surface area contributed by atoms with E-state index in [4.69, 9.17) is 4.74 Å². The Balaban J connectivity index is 2.13. The predicted octanol–water partition coefficient (Wildman–Crippen LogP) is 5.31. The van der Waals surface area contributed by atoms with Gasteiger partial charge in [-0.15, -0.1) is 0 Å². The van der Waals surface area contributed by atoms with Crippen LogP contribution in [-0.4, -0.2) is 52.9 Å². The predicted molar refractivity (Wildman–Crippen MR) is 135 cm³/mol. The molecule has 0 radical (unpaired) electrons. The standard InChI is InChI=1S/C27H38F3N3O4/c1-7-23(34)31-17(4)15-32-21-13-19(24(35)33(16(2)3)18-11-9-8-10-12-18)20(27(28,29)30)14-22(21)37-26(5,6)25(32)36/h13-14,16-18H,7-12,15H2,1-6H3,(H,31,34)/t17-/m0/s1. The van der Waals surface area contributed by atoms with Gasteiger partial charge in [-0.1, -0.05) is 26.2 Å². The van der Waals surface area contributed by atoms with Crippen LogP contribution in [-0.2, 0) is 15.8 Å². The molecule has 3 amide bonds. The first-order chi connectivity index (χ1) is 17.2. The lowest BCUT2D eigenvalue weighted by molar-refractivity contribution is -0.138. The normalized spacial score (nSPS) is 18.8. The Morgan fingerprint density at radius 3 is 2.32 bits per heavy atom. The van der Waals surface area contributed by atoms with Crippen LogP contribution in [0.15, 0.2) is 12.1 Å². The zero-order valence-corrected chi connectivity index (χ0v) is 22.5. The van der Waals surface area contributed by atoms with E-state index in [1.54, 1.807) is 32.6 Å². The van der Waals surface area contributed by atoms with Crippen LogP contribution in [0.2, 0.25) is 0 Å². The lowest BCUT2D eigenvalue weighted by Gasteiger charge is -2.41. The fourth-order valence-corrected chi connectivity index (χ4v) is 5.22. The SMILES string of the molecule is CCC(=O)N[C@@H](C)CN1C(=O)C(C)(C)Oc2cc(C(F)(F)F)c(C(=O)N(C(C)C)C3CCCCC3)cc21. The van der Waals surface area contributed by atoms with E-state index < -0.39 is 40.8 Å². The summed E-state index contributed by atoms with van der Waals surface area (Å²) >= 11 is 0. The number of carbonyl (C=O) groups is 3. The minimum absolute atomic E-state index is 0.0138. The molecule has 1 aromatic carbocycles. The maximum Gasteiger partial charge on any atom is 0.417 e. The topological polar surface area (TPSA) is 79.0 Å². The second kappa shape index (κ2) is 10.9. The van der Waals surface area contributed by atoms with Crippen molar-refractivity contribution >= 4 is 23.4 Å². The zero-order chi connectivity index (χ0) is 27.7. The van der Waals surface area contributed by atoms with Crippen LogP contribution in [0.25, 0.3) is 0 Å². The zero-order valence-electron chi connectivity index (χ0n) is 22.5. The van der Waals surface area contributed by atoms with E-state index in [0.29, 0.717) is 0 Å². The molecule has 2 aliphatic rings. The third-order valence-electron chi connectivity index (χ3n) is 6.99. The number of rotatable bonds is 7. The van der Waals surface area contributed by atoms with Crippen molar-refractivity contribution < 1.29 is 32.3 Å². The van der Waals surface area contributed by atoms with Crippen molar-refractivity contribution in [2.75, 3.05) is 11.4 Å². The number of alkyl halides is 3. The molecule has 1 atom stereocenters. The smallest absolute Gasteiger partial charge is 0.417 e. The molecule has 0 spiro atoms. The van der Waals surface area contributed by atoms with Gasteiger partial charge in [0.05, 0.1) is 16.8 Å². The Kier molecular flexibility index (Phi) is 8.49. The monoisotopic (exact) mass is 525 g/mol. The van der Waals surface area contributed by atoms with Gasteiger partial charge in [0.2, 0.25) is 5.91 Å². The van der Waals surface area contributed by atoms with E-state index in [-0.39, 0.29) is 42.4 Å². The molecule has 1 fully saturated rings. The summed E-state index contributed by atoms with van der Waals surface area (Å²) in [4.78, 5) is 41.9. The highest BCUT2D eigenvalue weighted by Gasteiger charge is 2.45. The Labute approximate surface area is 216 Å². The summed E-state index contributed by atoms with van der Waals surface area (Å²) in [5.41, 5.74) is -2.93. The molecule has 0 bridgehead atoms. The molecule has 7 nitrogen and oxygen atoms in total. The van der Waals surface area contributed by atoms with Crippen LogP contribution in [0.5, 0.6) is 5.75 Å². The molecule has 0 aromatic heterocycles. The van der Waals surface area contributed by atoms with E-state index >= 15 is 0 Å². The maximum absolute atomic E-state index is 14.3. The third kappa shape index (κ3) is 6.21. The van der Waals surface area contributed by atoms with E-state index in [9.17, 15) is 27.6 Å². The molecule has 0 unspecified atom stereocenters. The van der Waals surface area contributed by atoms with Crippen molar-refractivity contribution in [1.82, 2.24) is 10.2 Å². The van der Waals surface area contributed by atoms with Crippen molar-refractivity contribution in [3.63, 3.8) is 0 Å². The van der Waals surface area contributed by atoms with Crippen LogP contribution in [0.3, 0.4) is 0 Å². The average Bonchev–Trinajstić information content (AvgIpc) is 2.81. The number of benzene rings is 1. The number of fused-ring (bicyclic) bond motifs is 1. The van der Waals surface area contributed by atoms with E-state index in [1.807, 2.05) is 0 Å². The largest absolute Gasteiger partial charge is 0.476 e. The van der Waals surface area contributed by atoms with Gasteiger partial charge in [0.1, 0.15) is 5.75 Å². The summed E-state index contributed by atoms with van der Waals surface area (Å²) in [6.45, 7) is 9.99. The molecule has 0 saturated heterocycles. The van der Waals surface area contributed by atoms with Crippen molar-refractivity contribution in [1.29, 1.82) is 0 Å². The lowest BCUT2D eigenvalue weighted by Crippen LogP contribution is -2.56. The maximum atomic E-state index is 14.3. The highest BCUT2D eigenvalue weighted by Crippen LogP contribution is 2.44. The summed E-state index contributed by atoms with van der Waals surface area (Å²) in [5, 5.41) is 2.78. The summed E-state index contributed by atoms with van der Waals surface area (Å²) in [5.74, 6) is -1.52. The van der Waals surface area contributed by atoms with Gasteiger partial charge in [0, 0.05) is 31.1 Å². The summed E-state index contributed by atoms with van der Waals surface area (Å²) < 4.78 is 48.6. The minimum Gasteiger partial charge on any atom is -0.476 e. The summed E-state index contributed by atoms with van der Waals surface area (Å²) in [7, 11) is 0. The number of hydrogen-bond acceptors (Lipinski definition) is 4. The molecule has 206 valence electrons. The van der Waals surface area contributed by atoms with Crippen molar-refractivity contribution in [2.24, 2.45) is 0 Å². The van der Waals surface area contributed by atoms with Crippen molar-refractivity contribution in [3.05, 3.63) is 23.3 Å². The number of amides is 3. The highest BCUT2D eigenvalue weighted by atomic mass is 19.4. The Bertz CT molecular complexity index is 1030. The Morgan fingerprint density at radius 2 is 1.78 bits per heavy atom. The van der Waals surface area contributed by atoms with Crippen LogP contribution in [0.1, 0.15) is 96.0 Å². The number of anilines is 1. The highest BCUT2D eigenvalue weighted by molar-refractivity contribution is 6.05. The van der Waals surface area contributed by atoms with Crippen molar-refractivity contribution in [3.8, 4) is 5.75 Å². The van der Waals surface area contributed by atoms with Crippen LogP contribution < -0.4 is 15.0 Å². The number of nitrogens with zero attached hydrogens (tertiary/aromatic N) is 2. The van der Waals surface area contributed by atoms with Gasteiger partial charge >= 0.3 is 6.18 Å². The molecule has 1 aromatic rings. The van der Waals surface area contributed by atoms with Crippen LogP contribution in [0, 0.1) is 0 Å². The first kappa shape index (κ1) is 28.8. The lowest BCUT2D eigenvalue weighted by atomic mass is 9.92. The van der Waals surface area contributed by atoms with Gasteiger partial charge in [-0.25, -0.2) is 0 Å². The van der Waals surface area contributed by atoms with E-state index in [0.717, 1.165) is 44.2 Å². The Hall–Kier alpha value is -2.78. The number of nitrogens with one attached hydrogen (secondary N) is 1. The first-order valence-electron chi connectivity index (χ1n) is 13.1. The number of hydrogen-bond donors (Lipinski definition) is 1. The third-order valence-corrected chi connectivity index (χ3v) is 6.99. The summed E-state index contributed by atoms with van der Waals surface area (Å²) in [6, 6.07) is 1.05. The average molecular weight is 526 g/mol. The van der Waals surface area contributed by atoms with Crippen LogP contribution in [0.4, 0.5) is 18.9 Å². The number of ether oxygens (including phenoxy) is 1. The van der Waals surface area contributed by atoms with Crippen molar-refractivity contribution in [2.45, 2.75) is 110 Å². The molecule has 1 heterocycles. The molecule has 1 N–H and O–H groups in total. The number of carbonyl (C=O) groups excluding carboxylic acids is 3. The molecule has 3 rings (SSSR count). The molecule has 1 saturated carbocycles. The second-order valence-electron chi connectivity index (χ2n) is 10.8. The van der Waals surface area contributed by atoms with Gasteiger partial charge in [0.25, 0.3) is 11.8 Å². The fraction of sp³-hybridized carbons (Fsp3) is 0.667. The van der Waals surface area contributed by atoms with Crippen LogP contribution >= 0.6 is 0 Å². The molecule has 10 heteroatoms. The first-order valence-corrected chi connectivity index (χ1v) is 13.1. The molecule has 1 aliphatic heterocycles. The molecule has 1 aliphatic carbocycles. The molecule has 37 heavy (non-hydrogen) atoms. The second-order valence-corrected chi connectivity index (χ2v) is 10.8. The molecular formula is C27H38F3N3O4. The van der Waals surface area contributed by atoms with E-state index in [2.05, 4.69) is 5.32 Å². The van der Waals surface area contributed by atoms with Gasteiger partial charge in [-0.05, 0) is 59.6 Å². The molecular weight excluding hydrogens is 487 g/mol. The van der Waals surface area contributed by atoms with Gasteiger partial charge in [-0.3, -0.25) is 14.4 Å². The Morgan fingerprint density at radius 1 is 1.16 bits per heavy atom. The minimum atomic E-state index is -4.81. The van der Waals surface area contributed by atoms with Gasteiger partial charge in [-0.2, -0.15) is 13.2 Å². The van der Waals surface area contributed by atoms with Gasteiger partial charge < -0.3 is 19.9 Å². The fourth-order valence-electron chi connectivity index (χ4n) is 5.22. The van der Waals surface area contributed by atoms with Gasteiger partial charge in [0.15, 0.2) is 5.60 Å². The number of halogens is 3. The van der Waals surface area contributed by atoms with E-state index in [1.165, 1.54) is 18.7 Å². The summed E-state index contributed by atoms with van der Waals surface area (Å²) in [6.07, 6.45) is -0.186.